The molecule has 0 aromatic heterocycles. The Kier molecular flexibility index (Phi) is 4.71. The number of rotatable bonds is 6. The third-order valence-electron chi connectivity index (χ3n) is 4.49. The number of amides is 2. The summed E-state index contributed by atoms with van der Waals surface area (Å²) in [5.74, 6) is -0.729. The second kappa shape index (κ2) is 6.95. The number of aryl methyl sites for hydroxylation is 1. The third kappa shape index (κ3) is 3.72. The summed E-state index contributed by atoms with van der Waals surface area (Å²) in [5, 5.41) is 11.1. The van der Waals surface area contributed by atoms with E-state index in [4.69, 9.17) is 5.73 Å². The Hall–Kier alpha value is -3.22. The average Bonchev–Trinajstić information content (AvgIpc) is 3.44. The number of nitro benzene ring substituents is 1. The number of carbonyl (C=O) groups is 2. The molecule has 0 radical (unpaired) electrons. The van der Waals surface area contributed by atoms with E-state index in [1.165, 1.54) is 6.07 Å². The van der Waals surface area contributed by atoms with Crippen LogP contribution in [0.5, 0.6) is 0 Å². The molecule has 0 saturated heterocycles. The van der Waals surface area contributed by atoms with Gasteiger partial charge in [-0.1, -0.05) is 18.2 Å². The van der Waals surface area contributed by atoms with Crippen LogP contribution in [0.4, 0.5) is 5.69 Å². The molecule has 2 aromatic carbocycles. The number of hydrogen-bond donors (Lipinski definition) is 1. The summed E-state index contributed by atoms with van der Waals surface area (Å²) in [6.07, 6.45) is 1.83. The highest BCUT2D eigenvalue weighted by molar-refractivity contribution is 5.95. The predicted molar refractivity (Wildman–Crippen MR) is 95.7 cm³/mol. The first kappa shape index (κ1) is 17.6. The summed E-state index contributed by atoms with van der Waals surface area (Å²) in [4.78, 5) is 36.5. The number of nitrogens with zero attached hydrogens (tertiary/aromatic N) is 2. The minimum Gasteiger partial charge on any atom is -0.366 e. The van der Waals surface area contributed by atoms with E-state index in [0.717, 1.165) is 18.4 Å². The zero-order valence-electron chi connectivity index (χ0n) is 14.3. The van der Waals surface area contributed by atoms with E-state index in [9.17, 15) is 19.7 Å². The molecule has 2 N–H and O–H groups in total. The summed E-state index contributed by atoms with van der Waals surface area (Å²) < 4.78 is 0. The fourth-order valence-corrected chi connectivity index (χ4v) is 2.83. The van der Waals surface area contributed by atoms with Crippen LogP contribution in [0, 0.1) is 17.0 Å². The van der Waals surface area contributed by atoms with E-state index in [1.54, 1.807) is 48.2 Å². The fraction of sp³-hybridized carbons (Fsp3) is 0.263. The lowest BCUT2D eigenvalue weighted by molar-refractivity contribution is -0.385. The highest BCUT2D eigenvalue weighted by atomic mass is 16.6. The summed E-state index contributed by atoms with van der Waals surface area (Å²) in [5.41, 5.74) is 7.29. The van der Waals surface area contributed by atoms with Crippen LogP contribution in [0.1, 0.15) is 44.7 Å². The predicted octanol–water partition coefficient (Wildman–Crippen LogP) is 2.81. The van der Waals surface area contributed by atoms with Crippen LogP contribution in [0.25, 0.3) is 0 Å². The summed E-state index contributed by atoms with van der Waals surface area (Å²) in [6.45, 7) is 2.02. The van der Waals surface area contributed by atoms with Gasteiger partial charge in [0.1, 0.15) is 0 Å². The van der Waals surface area contributed by atoms with Crippen molar-refractivity contribution in [1.82, 2.24) is 4.90 Å². The third-order valence-corrected chi connectivity index (χ3v) is 4.49. The van der Waals surface area contributed by atoms with Crippen LogP contribution in [0.15, 0.2) is 42.5 Å². The molecule has 2 amide bonds. The van der Waals surface area contributed by atoms with Crippen molar-refractivity contribution < 1.29 is 14.5 Å². The molecule has 1 fully saturated rings. The zero-order valence-corrected chi connectivity index (χ0v) is 14.3. The number of nitrogens with two attached hydrogens (primary N) is 1. The summed E-state index contributed by atoms with van der Waals surface area (Å²) in [7, 11) is 0. The van der Waals surface area contributed by atoms with E-state index >= 15 is 0 Å². The van der Waals surface area contributed by atoms with Gasteiger partial charge in [-0.25, -0.2) is 0 Å². The van der Waals surface area contributed by atoms with Gasteiger partial charge in [-0.05, 0) is 43.5 Å². The van der Waals surface area contributed by atoms with Gasteiger partial charge in [0, 0.05) is 35.3 Å². The minimum atomic E-state index is -0.501. The monoisotopic (exact) mass is 353 g/mol. The van der Waals surface area contributed by atoms with E-state index in [1.807, 2.05) is 0 Å². The molecule has 1 saturated carbocycles. The van der Waals surface area contributed by atoms with Crippen molar-refractivity contribution in [3.05, 3.63) is 74.8 Å². The van der Waals surface area contributed by atoms with Gasteiger partial charge in [-0.15, -0.1) is 0 Å². The number of benzene rings is 2. The molecule has 1 aliphatic rings. The smallest absolute Gasteiger partial charge is 0.273 e. The van der Waals surface area contributed by atoms with Crippen molar-refractivity contribution in [3.63, 3.8) is 0 Å². The highest BCUT2D eigenvalue weighted by Crippen LogP contribution is 2.31. The Morgan fingerprint density at radius 2 is 1.77 bits per heavy atom. The van der Waals surface area contributed by atoms with Crippen LogP contribution in [0.3, 0.4) is 0 Å². The van der Waals surface area contributed by atoms with E-state index in [2.05, 4.69) is 0 Å². The first-order valence-corrected chi connectivity index (χ1v) is 8.31. The van der Waals surface area contributed by atoms with Crippen molar-refractivity contribution in [2.45, 2.75) is 32.4 Å². The summed E-state index contributed by atoms with van der Waals surface area (Å²) in [6, 6.07) is 11.5. The number of carbonyl (C=O) groups excluding carboxylic acids is 2. The zero-order chi connectivity index (χ0) is 18.8. The van der Waals surface area contributed by atoms with E-state index in [0.29, 0.717) is 23.2 Å². The maximum absolute atomic E-state index is 12.9. The van der Waals surface area contributed by atoms with Crippen LogP contribution < -0.4 is 5.73 Å². The van der Waals surface area contributed by atoms with Gasteiger partial charge in [0.25, 0.3) is 11.6 Å². The van der Waals surface area contributed by atoms with Crippen molar-refractivity contribution in [2.24, 2.45) is 5.73 Å². The molecule has 26 heavy (non-hydrogen) atoms. The Morgan fingerprint density at radius 1 is 1.15 bits per heavy atom. The van der Waals surface area contributed by atoms with Crippen molar-refractivity contribution in [2.75, 3.05) is 0 Å². The molecule has 134 valence electrons. The maximum atomic E-state index is 12.9. The second-order valence-corrected chi connectivity index (χ2v) is 6.48. The van der Waals surface area contributed by atoms with Gasteiger partial charge in [-0.2, -0.15) is 0 Å². The average molecular weight is 353 g/mol. The van der Waals surface area contributed by atoms with Gasteiger partial charge in [-0.3, -0.25) is 19.7 Å². The molecule has 0 aliphatic heterocycles. The van der Waals surface area contributed by atoms with Crippen molar-refractivity contribution in [1.29, 1.82) is 0 Å². The van der Waals surface area contributed by atoms with E-state index in [-0.39, 0.29) is 17.6 Å². The molecule has 7 nitrogen and oxygen atoms in total. The topological polar surface area (TPSA) is 107 Å². The molecular weight excluding hydrogens is 334 g/mol. The van der Waals surface area contributed by atoms with Gasteiger partial charge < -0.3 is 10.6 Å². The SMILES string of the molecule is Cc1ccc(C(=O)N(Cc2ccc(C(N)=O)cc2)C2CC2)cc1[N+](=O)[O-]. The van der Waals surface area contributed by atoms with Crippen LogP contribution in [-0.4, -0.2) is 27.7 Å². The number of hydrogen-bond acceptors (Lipinski definition) is 4. The van der Waals surface area contributed by atoms with Gasteiger partial charge in [0.05, 0.1) is 4.92 Å². The van der Waals surface area contributed by atoms with Gasteiger partial charge >= 0.3 is 0 Å². The molecule has 2 aromatic rings. The molecule has 7 heteroatoms. The Bertz CT molecular complexity index is 873. The fourth-order valence-electron chi connectivity index (χ4n) is 2.83. The normalized spacial score (nSPS) is 13.3. The second-order valence-electron chi connectivity index (χ2n) is 6.48. The molecule has 0 atom stereocenters. The lowest BCUT2D eigenvalue weighted by atomic mass is 10.1. The molecule has 0 unspecified atom stereocenters. The van der Waals surface area contributed by atoms with Crippen molar-refractivity contribution >= 4 is 17.5 Å². The molecule has 0 bridgehead atoms. The maximum Gasteiger partial charge on any atom is 0.273 e. The van der Waals surface area contributed by atoms with Gasteiger partial charge in [0.15, 0.2) is 0 Å². The minimum absolute atomic E-state index is 0.0580. The lowest BCUT2D eigenvalue weighted by Gasteiger charge is -2.23. The van der Waals surface area contributed by atoms with Crippen molar-refractivity contribution in [3.8, 4) is 0 Å². The Morgan fingerprint density at radius 3 is 2.31 bits per heavy atom. The molecular formula is C19H19N3O4. The van der Waals surface area contributed by atoms with E-state index < -0.39 is 10.8 Å². The van der Waals surface area contributed by atoms with Crippen LogP contribution >= 0.6 is 0 Å². The Balaban J connectivity index is 1.84. The number of primary amides is 1. The molecule has 0 spiro atoms. The lowest BCUT2D eigenvalue weighted by Crippen LogP contribution is -2.32. The quantitative estimate of drug-likeness (QED) is 0.636. The summed E-state index contributed by atoms with van der Waals surface area (Å²) >= 11 is 0. The molecule has 1 aliphatic carbocycles. The molecule has 0 heterocycles. The van der Waals surface area contributed by atoms with Crippen LogP contribution in [0.2, 0.25) is 0 Å². The number of nitro groups is 1. The first-order chi connectivity index (χ1) is 12.4. The van der Waals surface area contributed by atoms with Gasteiger partial charge in [0.2, 0.25) is 5.91 Å². The highest BCUT2D eigenvalue weighted by Gasteiger charge is 2.33. The first-order valence-electron chi connectivity index (χ1n) is 8.31. The molecule has 3 rings (SSSR count). The van der Waals surface area contributed by atoms with Crippen LogP contribution in [-0.2, 0) is 6.54 Å². The standard InChI is InChI=1S/C19H19N3O4/c1-12-2-5-15(10-17(12)22(25)26)19(24)21(16-8-9-16)11-13-3-6-14(7-4-13)18(20)23/h2-7,10,16H,8-9,11H2,1H3,(H2,20,23). The largest absolute Gasteiger partial charge is 0.366 e. The Labute approximate surface area is 150 Å².